The zero-order chi connectivity index (χ0) is 16.0. The van der Waals surface area contributed by atoms with Crippen LogP contribution in [0, 0.1) is 0 Å². The Bertz CT molecular complexity index is 611. The highest BCUT2D eigenvalue weighted by Crippen LogP contribution is 2.32. The van der Waals surface area contributed by atoms with Gasteiger partial charge in [0.25, 0.3) is 0 Å². The van der Waals surface area contributed by atoms with Crippen LogP contribution in [0.3, 0.4) is 0 Å². The number of methoxy groups -OCH3 is 2. The maximum absolute atomic E-state index is 11.7. The molecule has 0 bridgehead atoms. The van der Waals surface area contributed by atoms with Gasteiger partial charge < -0.3 is 14.2 Å². The van der Waals surface area contributed by atoms with E-state index < -0.39 is 16.0 Å². The Morgan fingerprint density at radius 2 is 1.76 bits per heavy atom. The first-order chi connectivity index (χ1) is 9.83. The van der Waals surface area contributed by atoms with Gasteiger partial charge in [-0.1, -0.05) is 0 Å². The maximum atomic E-state index is 11.7. The van der Waals surface area contributed by atoms with Crippen molar-refractivity contribution in [2.24, 2.45) is 5.14 Å². The van der Waals surface area contributed by atoms with Gasteiger partial charge in [0.05, 0.1) is 25.7 Å². The Morgan fingerprint density at radius 3 is 2.24 bits per heavy atom. The van der Waals surface area contributed by atoms with E-state index in [1.165, 1.54) is 26.4 Å². The summed E-state index contributed by atoms with van der Waals surface area (Å²) in [6.07, 6.45) is 0.219. The van der Waals surface area contributed by atoms with Gasteiger partial charge in [-0.2, -0.15) is 0 Å². The van der Waals surface area contributed by atoms with Crippen molar-refractivity contribution in [1.29, 1.82) is 0 Å². The Labute approximate surface area is 124 Å². The van der Waals surface area contributed by atoms with E-state index in [0.717, 1.165) is 0 Å². The molecule has 0 saturated heterocycles. The molecule has 0 aromatic heterocycles. The number of hydrogen-bond acceptors (Lipinski definition) is 6. The summed E-state index contributed by atoms with van der Waals surface area (Å²) < 4.78 is 38.3. The van der Waals surface area contributed by atoms with Crippen molar-refractivity contribution < 1.29 is 27.4 Å². The zero-order valence-corrected chi connectivity index (χ0v) is 13.0. The van der Waals surface area contributed by atoms with E-state index in [4.69, 9.17) is 19.3 Å². The van der Waals surface area contributed by atoms with Gasteiger partial charge >= 0.3 is 5.97 Å². The van der Waals surface area contributed by atoms with E-state index in [1.807, 2.05) is 0 Å². The molecule has 21 heavy (non-hydrogen) atoms. The summed E-state index contributed by atoms with van der Waals surface area (Å²) in [5.74, 6) is 0.206. The molecule has 0 amide bonds. The number of aryl methyl sites for hydroxylation is 1. The van der Waals surface area contributed by atoms with Crippen molar-refractivity contribution in [1.82, 2.24) is 0 Å². The minimum atomic E-state index is -3.94. The van der Waals surface area contributed by atoms with Gasteiger partial charge in [-0.3, -0.25) is 4.79 Å². The Balaban J connectivity index is 3.18. The second-order valence-corrected chi connectivity index (χ2v) is 5.69. The smallest absolute Gasteiger partial charge is 0.306 e. The first-order valence-electron chi connectivity index (χ1n) is 6.26. The molecule has 7 nitrogen and oxygen atoms in total. The predicted octanol–water partition coefficient (Wildman–Crippen LogP) is 0.847. The van der Waals surface area contributed by atoms with Crippen LogP contribution in [0.2, 0.25) is 0 Å². The molecule has 0 aliphatic heterocycles. The SMILES string of the molecule is CCOC(=O)CCc1cc(OC)c(OC)cc1S(N)(=O)=O. The van der Waals surface area contributed by atoms with Crippen molar-refractivity contribution in [3.8, 4) is 11.5 Å². The lowest BCUT2D eigenvalue weighted by atomic mass is 10.1. The number of sulfonamides is 1. The summed E-state index contributed by atoms with van der Waals surface area (Å²) in [5.41, 5.74) is 0.378. The fraction of sp³-hybridized carbons (Fsp3) is 0.462. The molecule has 8 heteroatoms. The second kappa shape index (κ2) is 7.28. The third kappa shape index (κ3) is 4.61. The molecule has 0 saturated carbocycles. The fourth-order valence-corrected chi connectivity index (χ4v) is 2.63. The van der Waals surface area contributed by atoms with Gasteiger partial charge in [-0.25, -0.2) is 13.6 Å². The number of benzene rings is 1. The van der Waals surface area contributed by atoms with E-state index in [0.29, 0.717) is 11.3 Å². The molecule has 0 unspecified atom stereocenters. The molecule has 1 aromatic rings. The zero-order valence-electron chi connectivity index (χ0n) is 12.2. The molecule has 0 heterocycles. The normalized spacial score (nSPS) is 11.0. The molecule has 118 valence electrons. The fourth-order valence-electron chi connectivity index (χ4n) is 1.83. The summed E-state index contributed by atoms with van der Waals surface area (Å²) in [7, 11) is -1.11. The van der Waals surface area contributed by atoms with Crippen LogP contribution in [-0.4, -0.2) is 35.2 Å². The Morgan fingerprint density at radius 1 is 1.19 bits per heavy atom. The predicted molar refractivity (Wildman–Crippen MR) is 75.9 cm³/mol. The standard InChI is InChI=1S/C13H19NO6S/c1-4-20-13(15)6-5-9-7-10(18-2)11(19-3)8-12(9)21(14,16)17/h7-8H,4-6H2,1-3H3,(H2,14,16,17). The van der Waals surface area contributed by atoms with Crippen molar-refractivity contribution in [2.75, 3.05) is 20.8 Å². The van der Waals surface area contributed by atoms with Gasteiger partial charge in [-0.15, -0.1) is 0 Å². The van der Waals surface area contributed by atoms with Crippen LogP contribution in [0.15, 0.2) is 17.0 Å². The highest BCUT2D eigenvalue weighted by molar-refractivity contribution is 7.89. The topological polar surface area (TPSA) is 105 Å². The van der Waals surface area contributed by atoms with Crippen molar-refractivity contribution in [3.63, 3.8) is 0 Å². The summed E-state index contributed by atoms with van der Waals surface area (Å²) in [6.45, 7) is 1.97. The maximum Gasteiger partial charge on any atom is 0.306 e. The number of ether oxygens (including phenoxy) is 3. The summed E-state index contributed by atoms with van der Waals surface area (Å²) in [4.78, 5) is 11.3. The Kier molecular flexibility index (Phi) is 5.98. The van der Waals surface area contributed by atoms with Crippen molar-refractivity contribution in [2.45, 2.75) is 24.7 Å². The first kappa shape index (κ1) is 17.3. The van der Waals surface area contributed by atoms with Crippen LogP contribution >= 0.6 is 0 Å². The second-order valence-electron chi connectivity index (χ2n) is 4.16. The third-order valence-electron chi connectivity index (χ3n) is 2.78. The minimum Gasteiger partial charge on any atom is -0.493 e. The van der Waals surface area contributed by atoms with E-state index in [-0.39, 0.29) is 30.1 Å². The number of rotatable bonds is 7. The first-order valence-corrected chi connectivity index (χ1v) is 7.81. The molecule has 0 atom stereocenters. The lowest BCUT2D eigenvalue weighted by Gasteiger charge is -2.13. The molecule has 0 aliphatic carbocycles. The molecular weight excluding hydrogens is 298 g/mol. The van der Waals surface area contributed by atoms with Crippen molar-refractivity contribution >= 4 is 16.0 Å². The largest absolute Gasteiger partial charge is 0.493 e. The number of esters is 1. The number of carbonyl (C=O) groups is 1. The van der Waals surface area contributed by atoms with Crippen LogP contribution in [0.5, 0.6) is 11.5 Å². The van der Waals surface area contributed by atoms with Gasteiger partial charge in [0.1, 0.15) is 0 Å². The highest BCUT2D eigenvalue weighted by Gasteiger charge is 2.19. The highest BCUT2D eigenvalue weighted by atomic mass is 32.2. The molecule has 1 aromatic carbocycles. The van der Waals surface area contributed by atoms with Gasteiger partial charge in [-0.05, 0) is 25.0 Å². The van der Waals surface area contributed by atoms with Crippen LogP contribution in [0.1, 0.15) is 18.9 Å². The average Bonchev–Trinajstić information content (AvgIpc) is 2.43. The molecule has 0 aliphatic rings. The lowest BCUT2D eigenvalue weighted by Crippen LogP contribution is -2.16. The van der Waals surface area contributed by atoms with E-state index in [2.05, 4.69) is 0 Å². The van der Waals surface area contributed by atoms with E-state index in [1.54, 1.807) is 6.92 Å². The molecule has 0 radical (unpaired) electrons. The van der Waals surface area contributed by atoms with Crippen LogP contribution < -0.4 is 14.6 Å². The third-order valence-corrected chi connectivity index (χ3v) is 3.77. The van der Waals surface area contributed by atoms with Gasteiger partial charge in [0.15, 0.2) is 11.5 Å². The van der Waals surface area contributed by atoms with Crippen LogP contribution in [0.25, 0.3) is 0 Å². The monoisotopic (exact) mass is 317 g/mol. The molecule has 0 fully saturated rings. The summed E-state index contributed by atoms with van der Waals surface area (Å²) >= 11 is 0. The van der Waals surface area contributed by atoms with Crippen LogP contribution in [0.4, 0.5) is 0 Å². The van der Waals surface area contributed by atoms with E-state index in [9.17, 15) is 13.2 Å². The number of primary sulfonamides is 1. The minimum absolute atomic E-state index is 0.0475. The van der Waals surface area contributed by atoms with E-state index >= 15 is 0 Å². The summed E-state index contributed by atoms with van der Waals surface area (Å²) in [6, 6.07) is 2.78. The van der Waals surface area contributed by atoms with Crippen molar-refractivity contribution in [3.05, 3.63) is 17.7 Å². The summed E-state index contributed by atoms with van der Waals surface area (Å²) in [5, 5.41) is 5.20. The quantitative estimate of drug-likeness (QED) is 0.747. The molecule has 2 N–H and O–H groups in total. The Hall–Kier alpha value is -1.80. The molecule has 0 spiro atoms. The molecular formula is C13H19NO6S. The number of carbonyl (C=O) groups excluding carboxylic acids is 1. The van der Waals surface area contributed by atoms with Gasteiger partial charge in [0.2, 0.25) is 10.0 Å². The van der Waals surface area contributed by atoms with Gasteiger partial charge in [0, 0.05) is 12.5 Å². The molecule has 1 rings (SSSR count). The van der Waals surface area contributed by atoms with Crippen LogP contribution in [-0.2, 0) is 26.0 Å². The number of hydrogen-bond donors (Lipinski definition) is 1. The number of nitrogens with two attached hydrogens (primary N) is 1. The average molecular weight is 317 g/mol. The lowest BCUT2D eigenvalue weighted by molar-refractivity contribution is -0.143.